The Hall–Kier alpha value is -1.13. The van der Waals surface area contributed by atoms with Crippen molar-refractivity contribution in [1.82, 2.24) is 10.3 Å². The van der Waals surface area contributed by atoms with E-state index in [4.69, 9.17) is 9.72 Å². The van der Waals surface area contributed by atoms with Gasteiger partial charge in [0.25, 0.3) is 0 Å². The fraction of sp³-hybridized carbons (Fsp3) is 0.688. The van der Waals surface area contributed by atoms with Crippen LogP contribution >= 0.6 is 0 Å². The Labute approximate surface area is 122 Å². The number of nitrogens with zero attached hydrogens (tertiary/aromatic N) is 2. The molecule has 4 nitrogen and oxygen atoms in total. The summed E-state index contributed by atoms with van der Waals surface area (Å²) in [4.78, 5) is 7.12. The van der Waals surface area contributed by atoms with Crippen molar-refractivity contribution in [3.05, 3.63) is 23.4 Å². The lowest BCUT2D eigenvalue weighted by atomic mass is 10.2. The first-order valence-electron chi connectivity index (χ1n) is 7.56. The molecule has 1 aliphatic carbocycles. The minimum Gasteiger partial charge on any atom is -0.383 e. The monoisotopic (exact) mass is 277 g/mol. The van der Waals surface area contributed by atoms with Crippen LogP contribution in [0.2, 0.25) is 0 Å². The van der Waals surface area contributed by atoms with E-state index in [1.165, 1.54) is 18.4 Å². The number of anilines is 1. The zero-order chi connectivity index (χ0) is 14.5. The molecule has 0 aromatic carbocycles. The molecule has 0 aliphatic heterocycles. The average Bonchev–Trinajstić information content (AvgIpc) is 3.21. The third kappa shape index (κ3) is 4.46. The summed E-state index contributed by atoms with van der Waals surface area (Å²) in [5.74, 6) is 1.10. The lowest BCUT2D eigenvalue weighted by Crippen LogP contribution is -2.30. The van der Waals surface area contributed by atoms with Crippen LogP contribution in [-0.4, -0.2) is 37.3 Å². The van der Waals surface area contributed by atoms with Crippen LogP contribution in [0.4, 0.5) is 5.82 Å². The van der Waals surface area contributed by atoms with Gasteiger partial charge in [-0.2, -0.15) is 0 Å². The van der Waals surface area contributed by atoms with Gasteiger partial charge < -0.3 is 15.0 Å². The Morgan fingerprint density at radius 2 is 2.15 bits per heavy atom. The first-order valence-corrected chi connectivity index (χ1v) is 7.56. The average molecular weight is 277 g/mol. The van der Waals surface area contributed by atoms with Crippen molar-refractivity contribution in [2.75, 3.05) is 25.2 Å². The molecule has 1 heterocycles. The molecule has 1 N–H and O–H groups in total. The Balaban J connectivity index is 2.11. The first-order chi connectivity index (χ1) is 9.60. The van der Waals surface area contributed by atoms with Gasteiger partial charge in [-0.15, -0.1) is 0 Å². The Morgan fingerprint density at radius 1 is 1.40 bits per heavy atom. The van der Waals surface area contributed by atoms with Crippen LogP contribution in [0.5, 0.6) is 0 Å². The lowest BCUT2D eigenvalue weighted by Gasteiger charge is -2.24. The van der Waals surface area contributed by atoms with E-state index in [9.17, 15) is 0 Å². The highest BCUT2D eigenvalue weighted by Gasteiger charge is 2.29. The Morgan fingerprint density at radius 3 is 2.75 bits per heavy atom. The number of aryl methyl sites for hydroxylation is 1. The summed E-state index contributed by atoms with van der Waals surface area (Å²) < 4.78 is 5.23. The number of hydrogen-bond acceptors (Lipinski definition) is 4. The second-order valence-corrected chi connectivity index (χ2v) is 5.93. The molecule has 1 aromatic rings. The second kappa shape index (κ2) is 7.04. The third-order valence-corrected chi connectivity index (χ3v) is 3.53. The first kappa shape index (κ1) is 15.3. The number of nitrogens with one attached hydrogen (secondary N) is 1. The minimum absolute atomic E-state index is 0.500. The van der Waals surface area contributed by atoms with E-state index in [1.54, 1.807) is 7.11 Å². The molecule has 1 aliphatic rings. The van der Waals surface area contributed by atoms with Gasteiger partial charge in [0.15, 0.2) is 0 Å². The van der Waals surface area contributed by atoms with E-state index in [0.717, 1.165) is 31.2 Å². The molecular formula is C16H27N3O. The predicted octanol–water partition coefficient (Wildman–Crippen LogP) is 2.50. The van der Waals surface area contributed by atoms with Gasteiger partial charge in [0.05, 0.1) is 6.61 Å². The Bertz CT molecular complexity index is 430. The summed E-state index contributed by atoms with van der Waals surface area (Å²) >= 11 is 0. The van der Waals surface area contributed by atoms with E-state index in [0.29, 0.717) is 12.1 Å². The smallest absolute Gasteiger partial charge is 0.129 e. The van der Waals surface area contributed by atoms with Crippen LogP contribution in [0.25, 0.3) is 0 Å². The maximum absolute atomic E-state index is 5.23. The number of aromatic nitrogens is 1. The molecule has 112 valence electrons. The van der Waals surface area contributed by atoms with Crippen LogP contribution in [0.3, 0.4) is 0 Å². The van der Waals surface area contributed by atoms with Crippen molar-refractivity contribution in [2.24, 2.45) is 0 Å². The standard InChI is InChI=1S/C16H27N3O/c1-12(2)17-11-14-9-13(3)18-16(10-14)19(7-8-20-4)15-5-6-15/h9-10,12,15,17H,5-8,11H2,1-4H3. The fourth-order valence-electron chi connectivity index (χ4n) is 2.35. The summed E-state index contributed by atoms with van der Waals surface area (Å²) in [6.45, 7) is 9.00. The quantitative estimate of drug-likeness (QED) is 0.792. The molecule has 20 heavy (non-hydrogen) atoms. The highest BCUT2D eigenvalue weighted by Crippen LogP contribution is 2.31. The topological polar surface area (TPSA) is 37.4 Å². The number of ether oxygens (including phenoxy) is 1. The number of methoxy groups -OCH3 is 1. The van der Waals surface area contributed by atoms with Crippen LogP contribution < -0.4 is 10.2 Å². The van der Waals surface area contributed by atoms with Crippen LogP contribution in [0.15, 0.2) is 12.1 Å². The van der Waals surface area contributed by atoms with Crippen LogP contribution in [0, 0.1) is 6.92 Å². The number of pyridine rings is 1. The van der Waals surface area contributed by atoms with Crippen molar-refractivity contribution in [3.63, 3.8) is 0 Å². The molecule has 1 fully saturated rings. The van der Waals surface area contributed by atoms with Crippen molar-refractivity contribution in [1.29, 1.82) is 0 Å². The van der Waals surface area contributed by atoms with Gasteiger partial charge in [0.1, 0.15) is 5.82 Å². The summed E-state index contributed by atoms with van der Waals surface area (Å²) in [6, 6.07) is 5.54. The van der Waals surface area contributed by atoms with Gasteiger partial charge in [-0.1, -0.05) is 13.8 Å². The zero-order valence-electron chi connectivity index (χ0n) is 13.1. The van der Waals surface area contributed by atoms with Gasteiger partial charge >= 0.3 is 0 Å². The van der Waals surface area contributed by atoms with E-state index in [2.05, 4.69) is 43.1 Å². The summed E-state index contributed by atoms with van der Waals surface area (Å²) in [5.41, 5.74) is 2.40. The molecule has 0 unspecified atom stereocenters. The van der Waals surface area contributed by atoms with Crippen LogP contribution in [0.1, 0.15) is 37.9 Å². The zero-order valence-corrected chi connectivity index (χ0v) is 13.1. The predicted molar refractivity (Wildman–Crippen MR) is 83.2 cm³/mol. The number of rotatable bonds is 8. The van der Waals surface area contributed by atoms with Crippen molar-refractivity contribution < 1.29 is 4.74 Å². The van der Waals surface area contributed by atoms with Crippen molar-refractivity contribution >= 4 is 5.82 Å². The largest absolute Gasteiger partial charge is 0.383 e. The maximum Gasteiger partial charge on any atom is 0.129 e. The van der Waals surface area contributed by atoms with Crippen molar-refractivity contribution in [2.45, 2.75) is 52.2 Å². The van der Waals surface area contributed by atoms with Gasteiger partial charge in [-0.05, 0) is 37.5 Å². The summed E-state index contributed by atoms with van der Waals surface area (Å²) in [6.07, 6.45) is 2.55. The molecule has 4 heteroatoms. The molecule has 0 bridgehead atoms. The molecule has 0 spiro atoms. The van der Waals surface area contributed by atoms with Gasteiger partial charge in [0, 0.05) is 38.0 Å². The molecule has 0 amide bonds. The SMILES string of the molecule is COCCN(c1cc(CNC(C)C)cc(C)n1)C1CC1. The molecule has 0 saturated heterocycles. The molecular weight excluding hydrogens is 250 g/mol. The van der Waals surface area contributed by atoms with E-state index in [-0.39, 0.29) is 0 Å². The minimum atomic E-state index is 0.500. The lowest BCUT2D eigenvalue weighted by molar-refractivity contribution is 0.204. The molecule has 0 radical (unpaired) electrons. The molecule has 1 saturated carbocycles. The molecule has 1 aromatic heterocycles. The number of hydrogen-bond donors (Lipinski definition) is 1. The summed E-state index contributed by atoms with van der Waals surface area (Å²) in [5, 5.41) is 3.47. The van der Waals surface area contributed by atoms with Gasteiger partial charge in [-0.3, -0.25) is 0 Å². The maximum atomic E-state index is 5.23. The van der Waals surface area contributed by atoms with E-state index < -0.39 is 0 Å². The molecule has 0 atom stereocenters. The van der Waals surface area contributed by atoms with Crippen LogP contribution in [-0.2, 0) is 11.3 Å². The van der Waals surface area contributed by atoms with Gasteiger partial charge in [0.2, 0.25) is 0 Å². The molecule has 2 rings (SSSR count). The van der Waals surface area contributed by atoms with E-state index >= 15 is 0 Å². The fourth-order valence-corrected chi connectivity index (χ4v) is 2.35. The summed E-state index contributed by atoms with van der Waals surface area (Å²) in [7, 11) is 1.76. The Kier molecular flexibility index (Phi) is 5.38. The van der Waals surface area contributed by atoms with Crippen molar-refractivity contribution in [3.8, 4) is 0 Å². The highest BCUT2D eigenvalue weighted by atomic mass is 16.5. The third-order valence-electron chi connectivity index (χ3n) is 3.53. The second-order valence-electron chi connectivity index (χ2n) is 5.93. The normalized spacial score (nSPS) is 14.8. The highest BCUT2D eigenvalue weighted by molar-refractivity contribution is 5.45. The van der Waals surface area contributed by atoms with Gasteiger partial charge in [-0.25, -0.2) is 4.98 Å². The van der Waals surface area contributed by atoms with E-state index in [1.807, 2.05) is 0 Å².